The first-order valence-corrected chi connectivity index (χ1v) is 13.1. The van der Waals surface area contributed by atoms with Gasteiger partial charge in [-0.05, 0) is 32.0 Å². The Kier molecular flexibility index (Phi) is 15.6. The average Bonchev–Trinajstić information content (AvgIpc) is 2.76. The zero-order valence-electron chi connectivity index (χ0n) is 20.6. The molecule has 1 aromatic carbocycles. The molecule has 0 amide bonds. The Morgan fingerprint density at radius 2 is 1.07 bits per heavy atom. The van der Waals surface area contributed by atoms with E-state index in [4.69, 9.17) is 0 Å². The van der Waals surface area contributed by atoms with Crippen molar-refractivity contribution in [2.75, 3.05) is 6.54 Å². The summed E-state index contributed by atoms with van der Waals surface area (Å²) in [4.78, 5) is 2.41. The van der Waals surface area contributed by atoms with Crippen molar-refractivity contribution < 1.29 is 0 Å². The van der Waals surface area contributed by atoms with Crippen molar-refractivity contribution in [3.05, 3.63) is 48.7 Å². The van der Waals surface area contributed by atoms with E-state index in [1.165, 1.54) is 108 Å². The minimum atomic E-state index is 0.0124. The van der Waals surface area contributed by atoms with Crippen LogP contribution in [0.3, 0.4) is 0 Å². The van der Waals surface area contributed by atoms with Gasteiger partial charge in [0.2, 0.25) is 0 Å². The van der Waals surface area contributed by atoms with Crippen molar-refractivity contribution in [3.63, 3.8) is 0 Å². The van der Waals surface area contributed by atoms with E-state index in [-0.39, 0.29) is 5.54 Å². The molecule has 0 aliphatic carbocycles. The van der Waals surface area contributed by atoms with Crippen molar-refractivity contribution >= 4 is 0 Å². The molecule has 0 atom stereocenters. The van der Waals surface area contributed by atoms with Gasteiger partial charge in [0.05, 0.1) is 5.54 Å². The molecular formula is C29H51N. The summed E-state index contributed by atoms with van der Waals surface area (Å²) in [6, 6.07) is 10.8. The SMILES string of the molecule is C=CN(CCCCCCCCCCCCCCCCCC)C(C)(C)c1ccccc1. The summed E-state index contributed by atoms with van der Waals surface area (Å²) in [5.41, 5.74) is 1.37. The quantitative estimate of drug-likeness (QED) is 0.192. The average molecular weight is 414 g/mol. The van der Waals surface area contributed by atoms with Crippen molar-refractivity contribution in [2.24, 2.45) is 0 Å². The Bertz CT molecular complexity index is 504. The van der Waals surface area contributed by atoms with Gasteiger partial charge in [0.15, 0.2) is 0 Å². The lowest BCUT2D eigenvalue weighted by Gasteiger charge is -2.38. The minimum Gasteiger partial charge on any atom is -0.369 e. The fraction of sp³-hybridized carbons (Fsp3) is 0.724. The topological polar surface area (TPSA) is 3.24 Å². The number of hydrogen-bond acceptors (Lipinski definition) is 1. The summed E-state index contributed by atoms with van der Waals surface area (Å²) < 4.78 is 0. The van der Waals surface area contributed by atoms with Crippen LogP contribution in [0.2, 0.25) is 0 Å². The number of hydrogen-bond donors (Lipinski definition) is 0. The molecule has 1 rings (SSSR count). The van der Waals surface area contributed by atoms with E-state index in [2.05, 4.69) is 62.6 Å². The van der Waals surface area contributed by atoms with Crippen LogP contribution in [0, 0.1) is 0 Å². The number of nitrogens with zero attached hydrogens (tertiary/aromatic N) is 1. The van der Waals surface area contributed by atoms with E-state index in [1.54, 1.807) is 0 Å². The summed E-state index contributed by atoms with van der Waals surface area (Å²) >= 11 is 0. The second-order valence-corrected chi connectivity index (χ2v) is 9.60. The highest BCUT2D eigenvalue weighted by molar-refractivity contribution is 5.23. The molecule has 0 radical (unpaired) electrons. The Balaban J connectivity index is 1.96. The maximum atomic E-state index is 4.07. The molecule has 0 bridgehead atoms. The molecule has 30 heavy (non-hydrogen) atoms. The van der Waals surface area contributed by atoms with E-state index in [0.29, 0.717) is 0 Å². The van der Waals surface area contributed by atoms with Gasteiger partial charge in [0.25, 0.3) is 0 Å². The zero-order chi connectivity index (χ0) is 21.9. The van der Waals surface area contributed by atoms with Crippen molar-refractivity contribution in [3.8, 4) is 0 Å². The second kappa shape index (κ2) is 17.4. The van der Waals surface area contributed by atoms with Crippen molar-refractivity contribution in [2.45, 2.75) is 129 Å². The Hall–Kier alpha value is -1.24. The highest BCUT2D eigenvalue weighted by Gasteiger charge is 2.25. The van der Waals surface area contributed by atoms with Crippen LogP contribution < -0.4 is 0 Å². The first-order valence-electron chi connectivity index (χ1n) is 13.1. The van der Waals surface area contributed by atoms with Gasteiger partial charge in [-0.25, -0.2) is 0 Å². The summed E-state index contributed by atoms with van der Waals surface area (Å²) in [5.74, 6) is 0. The van der Waals surface area contributed by atoms with Crippen LogP contribution in [0.1, 0.15) is 129 Å². The van der Waals surface area contributed by atoms with E-state index in [9.17, 15) is 0 Å². The predicted octanol–water partition coefficient (Wildman–Crippen LogP) is 9.63. The molecule has 0 spiro atoms. The summed E-state index contributed by atoms with van der Waals surface area (Å²) in [5, 5.41) is 0. The van der Waals surface area contributed by atoms with Crippen LogP contribution in [0.15, 0.2) is 43.1 Å². The Morgan fingerprint density at radius 3 is 1.47 bits per heavy atom. The summed E-state index contributed by atoms with van der Waals surface area (Å²) in [7, 11) is 0. The minimum absolute atomic E-state index is 0.0124. The lowest BCUT2D eigenvalue weighted by Crippen LogP contribution is -2.38. The zero-order valence-corrected chi connectivity index (χ0v) is 20.6. The molecule has 0 fully saturated rings. The predicted molar refractivity (Wildman–Crippen MR) is 136 cm³/mol. The number of rotatable bonds is 20. The molecule has 0 heterocycles. The largest absolute Gasteiger partial charge is 0.369 e. The third-order valence-corrected chi connectivity index (χ3v) is 6.67. The lowest BCUT2D eigenvalue weighted by atomic mass is 9.92. The maximum Gasteiger partial charge on any atom is 0.0591 e. The Morgan fingerprint density at radius 1 is 0.667 bits per heavy atom. The van der Waals surface area contributed by atoms with Crippen LogP contribution in [0.5, 0.6) is 0 Å². The fourth-order valence-electron chi connectivity index (χ4n) is 4.44. The van der Waals surface area contributed by atoms with Crippen LogP contribution in [-0.2, 0) is 5.54 Å². The molecule has 0 unspecified atom stereocenters. The van der Waals surface area contributed by atoms with E-state index < -0.39 is 0 Å². The van der Waals surface area contributed by atoms with Crippen LogP contribution in [0.25, 0.3) is 0 Å². The smallest absolute Gasteiger partial charge is 0.0591 e. The molecule has 0 N–H and O–H groups in total. The molecule has 1 heteroatoms. The molecule has 0 saturated heterocycles. The van der Waals surface area contributed by atoms with Gasteiger partial charge >= 0.3 is 0 Å². The van der Waals surface area contributed by atoms with Gasteiger partial charge in [-0.3, -0.25) is 0 Å². The molecule has 0 saturated carbocycles. The molecule has 0 aliphatic heterocycles. The van der Waals surface area contributed by atoms with Gasteiger partial charge in [0.1, 0.15) is 0 Å². The lowest BCUT2D eigenvalue weighted by molar-refractivity contribution is 0.182. The van der Waals surface area contributed by atoms with Crippen LogP contribution in [0.4, 0.5) is 0 Å². The number of unbranched alkanes of at least 4 members (excludes halogenated alkanes) is 15. The van der Waals surface area contributed by atoms with Crippen LogP contribution in [-0.4, -0.2) is 11.4 Å². The van der Waals surface area contributed by atoms with Gasteiger partial charge in [-0.15, -0.1) is 0 Å². The van der Waals surface area contributed by atoms with Gasteiger partial charge in [0, 0.05) is 6.54 Å². The maximum absolute atomic E-state index is 4.07. The highest BCUT2D eigenvalue weighted by atomic mass is 15.2. The first kappa shape index (κ1) is 26.8. The van der Waals surface area contributed by atoms with Gasteiger partial charge in [-0.2, -0.15) is 0 Å². The first-order chi connectivity index (χ1) is 14.6. The molecule has 1 aromatic rings. The third-order valence-electron chi connectivity index (χ3n) is 6.67. The molecule has 0 aromatic heterocycles. The third kappa shape index (κ3) is 11.8. The van der Waals surface area contributed by atoms with E-state index in [1.807, 2.05) is 6.20 Å². The van der Waals surface area contributed by atoms with E-state index in [0.717, 1.165) is 6.54 Å². The van der Waals surface area contributed by atoms with Crippen LogP contribution >= 0.6 is 0 Å². The monoisotopic (exact) mass is 413 g/mol. The number of benzene rings is 1. The molecule has 172 valence electrons. The van der Waals surface area contributed by atoms with Crippen molar-refractivity contribution in [1.29, 1.82) is 0 Å². The molecular weight excluding hydrogens is 362 g/mol. The highest BCUT2D eigenvalue weighted by Crippen LogP contribution is 2.28. The van der Waals surface area contributed by atoms with E-state index >= 15 is 0 Å². The summed E-state index contributed by atoms with van der Waals surface area (Å²) in [6.45, 7) is 12.1. The molecule has 1 nitrogen and oxygen atoms in total. The summed E-state index contributed by atoms with van der Waals surface area (Å²) in [6.07, 6.45) is 24.8. The molecule has 0 aliphatic rings. The van der Waals surface area contributed by atoms with Gasteiger partial charge < -0.3 is 4.90 Å². The second-order valence-electron chi connectivity index (χ2n) is 9.60. The normalized spacial score (nSPS) is 11.6. The standard InChI is InChI=1S/C29H51N/c1-5-7-8-9-10-11-12-13-14-15-16-17-18-19-20-24-27-30(6-2)29(3,4)28-25-22-21-23-26-28/h6,21-23,25-26H,2,5,7-20,24,27H2,1,3-4H3. The Labute approximate surface area is 189 Å². The van der Waals surface area contributed by atoms with Gasteiger partial charge in [-0.1, -0.05) is 140 Å². The fourth-order valence-corrected chi connectivity index (χ4v) is 4.44. The van der Waals surface area contributed by atoms with Crippen molar-refractivity contribution in [1.82, 2.24) is 4.90 Å².